The molecule has 348 valence electrons. The van der Waals surface area contributed by atoms with Crippen LogP contribution in [-0.4, -0.2) is 92.4 Å². The number of nitrogens with one attached hydrogen (secondary N) is 1. The van der Waals surface area contributed by atoms with Gasteiger partial charge in [0.1, 0.15) is 27.1 Å². The number of pyridine rings is 2. The van der Waals surface area contributed by atoms with Gasteiger partial charge in [-0.3, -0.25) is 4.90 Å². The average molecular weight is 945 g/mol. The van der Waals surface area contributed by atoms with E-state index in [1.165, 1.54) is 23.4 Å². The van der Waals surface area contributed by atoms with Crippen LogP contribution in [0.5, 0.6) is 5.75 Å². The van der Waals surface area contributed by atoms with Gasteiger partial charge in [0.2, 0.25) is 0 Å². The Balaban J connectivity index is 0.000000197. The second-order valence-corrected chi connectivity index (χ2v) is 19.7. The highest BCUT2D eigenvalue weighted by Gasteiger charge is 2.32. The van der Waals surface area contributed by atoms with E-state index in [0.29, 0.717) is 75.3 Å². The highest BCUT2D eigenvalue weighted by Crippen LogP contribution is 2.39. The molecule has 2 saturated heterocycles. The number of hydrogen-bond acceptors (Lipinski definition) is 12. The zero-order valence-electron chi connectivity index (χ0n) is 36.1. The number of fused-ring (bicyclic) bond motifs is 3. The van der Waals surface area contributed by atoms with Crippen LogP contribution in [0.3, 0.4) is 0 Å². The quantitative estimate of drug-likeness (QED) is 0.116. The molecule has 6 heterocycles. The highest BCUT2D eigenvalue weighted by atomic mass is 32.1. The number of anilines is 1. The van der Waals surface area contributed by atoms with Crippen molar-refractivity contribution in [2.75, 3.05) is 31.5 Å². The number of likely N-dealkylation sites (tertiary alicyclic amines) is 2. The Bertz CT molecular complexity index is 2560. The van der Waals surface area contributed by atoms with Gasteiger partial charge in [-0.25, -0.2) is 14.8 Å². The number of nitrogens with zero attached hydrogens (tertiary/aromatic N) is 5. The van der Waals surface area contributed by atoms with Gasteiger partial charge >= 0.3 is 18.4 Å². The molecule has 19 heteroatoms. The SMILES string of the molecule is CC(C)(C)OC(=O)N1CCC(Oc2c(CO)cnc3sc(CC(F)(F)F)cc23)CC1.N#CC1=Cc2cc(CN3CCC(Nc4c(CO)cnc5sc(CC(F)(F)F)cc45)CC3)ccc2C1. The predicted molar refractivity (Wildman–Crippen MR) is 238 cm³/mol. The topological polar surface area (TPSA) is 144 Å². The van der Waals surface area contributed by atoms with Crippen LogP contribution in [0.1, 0.15) is 84.0 Å². The van der Waals surface area contributed by atoms with E-state index in [4.69, 9.17) is 14.7 Å². The molecule has 1 amide bonds. The number of aliphatic hydroxyl groups excluding tert-OH is 2. The molecule has 4 aromatic heterocycles. The van der Waals surface area contributed by atoms with Crippen molar-refractivity contribution in [1.82, 2.24) is 19.8 Å². The first kappa shape index (κ1) is 47.9. The Morgan fingerprint density at radius 1 is 0.862 bits per heavy atom. The Hall–Kier alpha value is -5.00. The van der Waals surface area contributed by atoms with Crippen molar-refractivity contribution in [3.05, 3.63) is 85.9 Å². The Morgan fingerprint density at radius 2 is 1.46 bits per heavy atom. The number of thiophene rings is 2. The Morgan fingerprint density at radius 3 is 2.05 bits per heavy atom. The third-order valence-electron chi connectivity index (χ3n) is 11.2. The number of piperidine rings is 2. The lowest BCUT2D eigenvalue weighted by atomic mass is 10.0. The molecule has 0 radical (unpaired) electrons. The fourth-order valence-corrected chi connectivity index (χ4v) is 10.2. The van der Waals surface area contributed by atoms with Crippen LogP contribution in [0.15, 0.2) is 48.3 Å². The largest absolute Gasteiger partial charge is 0.489 e. The summed E-state index contributed by atoms with van der Waals surface area (Å²) in [6.07, 6.45) is -2.66. The number of aromatic nitrogens is 2. The van der Waals surface area contributed by atoms with Crippen LogP contribution in [0.2, 0.25) is 0 Å². The van der Waals surface area contributed by atoms with Gasteiger partial charge in [-0.2, -0.15) is 31.6 Å². The van der Waals surface area contributed by atoms with Crippen LogP contribution in [-0.2, 0) is 43.8 Å². The van der Waals surface area contributed by atoms with Crippen LogP contribution in [0.25, 0.3) is 26.5 Å². The lowest BCUT2D eigenvalue weighted by Crippen LogP contribution is -2.44. The van der Waals surface area contributed by atoms with Gasteiger partial charge in [0.05, 0.1) is 43.2 Å². The van der Waals surface area contributed by atoms with E-state index in [1.807, 2.05) is 6.08 Å². The average Bonchev–Trinajstić information content (AvgIpc) is 3.96. The monoisotopic (exact) mass is 944 g/mol. The summed E-state index contributed by atoms with van der Waals surface area (Å²) in [5.41, 5.74) is 5.49. The summed E-state index contributed by atoms with van der Waals surface area (Å²) in [4.78, 5) is 26.0. The van der Waals surface area contributed by atoms with Crippen molar-refractivity contribution in [3.8, 4) is 11.8 Å². The molecule has 3 N–H and O–H groups in total. The number of ether oxygens (including phenoxy) is 2. The molecule has 2 aliphatic heterocycles. The normalized spacial score (nSPS) is 16.5. The van der Waals surface area contributed by atoms with Gasteiger partial charge in [0.25, 0.3) is 0 Å². The number of alkyl halides is 6. The summed E-state index contributed by atoms with van der Waals surface area (Å²) in [5.74, 6) is 0.364. The lowest BCUT2D eigenvalue weighted by molar-refractivity contribution is -0.127. The minimum atomic E-state index is -4.31. The van der Waals surface area contributed by atoms with Crippen molar-refractivity contribution in [3.63, 3.8) is 0 Å². The maximum absolute atomic E-state index is 12.9. The molecule has 2 fully saturated rings. The number of benzene rings is 1. The third-order valence-corrected chi connectivity index (χ3v) is 13.3. The van der Waals surface area contributed by atoms with Crippen LogP contribution in [0, 0.1) is 11.3 Å². The molecule has 3 aliphatic rings. The van der Waals surface area contributed by atoms with E-state index in [9.17, 15) is 41.4 Å². The summed E-state index contributed by atoms with van der Waals surface area (Å²) in [6.45, 7) is 8.37. The fraction of sp³-hybridized carbons (Fsp3) is 0.478. The van der Waals surface area contributed by atoms with Crippen LogP contribution in [0.4, 0.5) is 36.8 Å². The molecule has 11 nitrogen and oxygen atoms in total. The van der Waals surface area contributed by atoms with Gasteiger partial charge in [-0.1, -0.05) is 18.2 Å². The lowest BCUT2D eigenvalue weighted by Gasteiger charge is -2.33. The number of rotatable bonds is 10. The molecular formula is C46H50F6N6O5S2. The van der Waals surface area contributed by atoms with E-state index in [-0.39, 0.29) is 41.2 Å². The van der Waals surface area contributed by atoms with Crippen molar-refractivity contribution < 1.29 is 50.8 Å². The number of amides is 1. The van der Waals surface area contributed by atoms with E-state index < -0.39 is 30.8 Å². The molecular weight excluding hydrogens is 895 g/mol. The zero-order valence-corrected chi connectivity index (χ0v) is 37.7. The van der Waals surface area contributed by atoms with Gasteiger partial charge in [0, 0.05) is 102 Å². The number of nitriles is 1. The third kappa shape index (κ3) is 12.7. The van der Waals surface area contributed by atoms with Crippen molar-refractivity contribution in [1.29, 1.82) is 5.26 Å². The summed E-state index contributed by atoms with van der Waals surface area (Å²) < 4.78 is 88.5. The molecule has 0 bridgehead atoms. The van der Waals surface area contributed by atoms with Gasteiger partial charge in [-0.05, 0) is 68.5 Å². The van der Waals surface area contributed by atoms with E-state index in [0.717, 1.165) is 66.3 Å². The van der Waals surface area contributed by atoms with Crippen molar-refractivity contribution in [2.24, 2.45) is 0 Å². The number of carbonyl (C=O) groups excluding carboxylic acids is 1. The summed E-state index contributed by atoms with van der Waals surface area (Å²) in [5, 5.41) is 33.2. The standard InChI is InChI=1S/C26H25F3N4OS.C20H25F3N2O4S/c27-26(28,29)11-22-10-23-24(20(15-34)13-31-25(23)35-22)32-21-3-5-33(6-4-21)14-16-1-2-18-8-17(12-30)9-19(18)7-16;1-19(2,3)29-18(27)25-6-4-13(5-7-25)28-16-12(11-26)10-24-17-15(16)8-14(30-17)9-20(21,22)23/h1-2,7,9-10,13,21,34H,3-6,8,11,14-15H2,(H,31,32);8,10,13,26H,4-7,9,11H2,1-3H3. The number of carbonyl (C=O) groups is 1. The molecule has 65 heavy (non-hydrogen) atoms. The molecule has 1 aromatic carbocycles. The minimum absolute atomic E-state index is 0.143. The maximum atomic E-state index is 12.9. The van der Waals surface area contributed by atoms with E-state index >= 15 is 0 Å². The second kappa shape index (κ2) is 19.8. The Labute approximate surface area is 380 Å². The fourth-order valence-electron chi connectivity index (χ4n) is 8.15. The summed E-state index contributed by atoms with van der Waals surface area (Å²) >= 11 is 2.02. The van der Waals surface area contributed by atoms with E-state index in [2.05, 4.69) is 44.5 Å². The number of allylic oxidation sites excluding steroid dienone is 1. The first-order valence-corrected chi connectivity index (χ1v) is 22.9. The smallest absolute Gasteiger partial charge is 0.410 e. The molecule has 5 aromatic rings. The molecule has 8 rings (SSSR count). The summed E-state index contributed by atoms with van der Waals surface area (Å²) in [7, 11) is 0. The molecule has 0 unspecified atom stereocenters. The molecule has 1 aliphatic carbocycles. The highest BCUT2D eigenvalue weighted by molar-refractivity contribution is 7.19. The number of halogens is 6. The van der Waals surface area contributed by atoms with E-state index in [1.54, 1.807) is 37.9 Å². The van der Waals surface area contributed by atoms with Crippen LogP contribution >= 0.6 is 22.7 Å². The van der Waals surface area contributed by atoms with Crippen LogP contribution < -0.4 is 10.1 Å². The predicted octanol–water partition coefficient (Wildman–Crippen LogP) is 10.1. The Kier molecular flexibility index (Phi) is 14.6. The van der Waals surface area contributed by atoms with Crippen molar-refractivity contribution >= 4 is 61.0 Å². The van der Waals surface area contributed by atoms with Crippen molar-refractivity contribution in [2.45, 2.75) is 116 Å². The number of hydrogen-bond donors (Lipinski definition) is 3. The summed E-state index contributed by atoms with van der Waals surface area (Å²) in [6, 6.07) is 11.8. The van der Waals surface area contributed by atoms with Gasteiger partial charge < -0.3 is 29.9 Å². The first-order valence-electron chi connectivity index (χ1n) is 21.3. The molecule has 0 spiro atoms. The maximum Gasteiger partial charge on any atom is 0.410 e. The minimum Gasteiger partial charge on any atom is -0.489 e. The van der Waals surface area contributed by atoms with Gasteiger partial charge in [0.15, 0.2) is 0 Å². The molecule has 0 saturated carbocycles. The first-order chi connectivity index (χ1) is 30.8. The van der Waals surface area contributed by atoms with Gasteiger partial charge in [-0.15, -0.1) is 22.7 Å². The molecule has 0 atom stereocenters. The zero-order chi connectivity index (χ0) is 46.7. The number of aliphatic hydroxyl groups is 2. The second-order valence-electron chi connectivity index (χ2n) is 17.5.